The standard InChI is InChI=1S/C31H40N2O4/c1-5-15-32-16-14-31(25-12-9-13-27(17-25)37-23(4)34)19-26(18-29(35)28(31)21-32)33(20-22(2)3)30(36)24-10-7-6-8-11-24/h5-13,17,22,26,28-29,35H,1,14-16,18-21H2,2-4H3/t26-,28-,29?,31-/m0/s1. The molecule has 1 saturated heterocycles. The number of hydrogen-bond donors (Lipinski definition) is 1. The van der Waals surface area contributed by atoms with Crippen LogP contribution in [0.2, 0.25) is 0 Å². The van der Waals surface area contributed by atoms with Gasteiger partial charge in [0.1, 0.15) is 5.75 Å². The van der Waals surface area contributed by atoms with Crippen molar-refractivity contribution in [2.24, 2.45) is 11.8 Å². The minimum atomic E-state index is -0.568. The smallest absolute Gasteiger partial charge is 0.308 e. The topological polar surface area (TPSA) is 70.1 Å². The Morgan fingerprint density at radius 2 is 1.97 bits per heavy atom. The van der Waals surface area contributed by atoms with Crippen LogP contribution in [0.1, 0.15) is 56.0 Å². The van der Waals surface area contributed by atoms with Gasteiger partial charge in [-0.1, -0.05) is 50.3 Å². The molecule has 0 bridgehead atoms. The van der Waals surface area contributed by atoms with Gasteiger partial charge in [0.15, 0.2) is 0 Å². The van der Waals surface area contributed by atoms with Gasteiger partial charge in [-0.15, -0.1) is 6.58 Å². The number of amides is 1. The molecule has 1 aliphatic heterocycles. The third kappa shape index (κ3) is 5.97. The van der Waals surface area contributed by atoms with Crippen molar-refractivity contribution in [2.75, 3.05) is 26.2 Å². The number of ether oxygens (including phenoxy) is 1. The molecule has 4 rings (SSSR count). The van der Waals surface area contributed by atoms with Crippen molar-refractivity contribution in [1.82, 2.24) is 9.80 Å². The zero-order valence-corrected chi connectivity index (χ0v) is 22.3. The van der Waals surface area contributed by atoms with Gasteiger partial charge in [-0.25, -0.2) is 0 Å². The van der Waals surface area contributed by atoms with E-state index in [9.17, 15) is 14.7 Å². The molecular weight excluding hydrogens is 464 g/mol. The van der Waals surface area contributed by atoms with Gasteiger partial charge in [0.25, 0.3) is 5.91 Å². The number of benzene rings is 2. The van der Waals surface area contributed by atoms with E-state index < -0.39 is 6.10 Å². The summed E-state index contributed by atoms with van der Waals surface area (Å²) >= 11 is 0. The Morgan fingerprint density at radius 1 is 1.22 bits per heavy atom. The van der Waals surface area contributed by atoms with E-state index in [-0.39, 0.29) is 29.3 Å². The predicted molar refractivity (Wildman–Crippen MR) is 146 cm³/mol. The fourth-order valence-corrected chi connectivity index (χ4v) is 6.41. The second-order valence-corrected chi connectivity index (χ2v) is 11.1. The van der Waals surface area contributed by atoms with Crippen LogP contribution in [0.15, 0.2) is 67.3 Å². The second-order valence-electron chi connectivity index (χ2n) is 11.1. The first-order chi connectivity index (χ1) is 17.7. The molecule has 1 N–H and O–H groups in total. The first kappa shape index (κ1) is 27.1. The molecule has 0 aromatic heterocycles. The minimum absolute atomic E-state index is 0.00208. The second kappa shape index (κ2) is 11.6. The van der Waals surface area contributed by atoms with E-state index in [1.54, 1.807) is 6.07 Å². The number of carbonyl (C=O) groups is 2. The molecule has 1 heterocycles. The molecule has 6 nitrogen and oxygen atoms in total. The van der Waals surface area contributed by atoms with Gasteiger partial charge in [0, 0.05) is 49.5 Å². The first-order valence-electron chi connectivity index (χ1n) is 13.4. The van der Waals surface area contributed by atoms with E-state index in [0.717, 1.165) is 38.0 Å². The number of piperidine rings is 1. The van der Waals surface area contributed by atoms with Gasteiger partial charge in [0.05, 0.1) is 6.10 Å². The Hall–Kier alpha value is -2.96. The third-order valence-electron chi connectivity index (χ3n) is 7.96. The van der Waals surface area contributed by atoms with Crippen molar-refractivity contribution in [3.05, 3.63) is 78.4 Å². The molecule has 2 aliphatic rings. The van der Waals surface area contributed by atoms with E-state index in [4.69, 9.17) is 4.74 Å². The minimum Gasteiger partial charge on any atom is -0.427 e. The maximum atomic E-state index is 13.8. The summed E-state index contributed by atoms with van der Waals surface area (Å²) in [5.74, 6) is 0.462. The molecule has 1 amide bonds. The monoisotopic (exact) mass is 504 g/mol. The van der Waals surface area contributed by atoms with Crippen molar-refractivity contribution < 1.29 is 19.4 Å². The first-order valence-corrected chi connectivity index (χ1v) is 13.4. The summed E-state index contributed by atoms with van der Waals surface area (Å²) in [7, 11) is 0. The molecule has 0 radical (unpaired) electrons. The fourth-order valence-electron chi connectivity index (χ4n) is 6.41. The van der Waals surface area contributed by atoms with Crippen molar-refractivity contribution in [1.29, 1.82) is 0 Å². The van der Waals surface area contributed by atoms with E-state index >= 15 is 0 Å². The highest BCUT2D eigenvalue weighted by Crippen LogP contribution is 2.51. The summed E-state index contributed by atoms with van der Waals surface area (Å²) in [6.45, 7) is 12.6. The van der Waals surface area contributed by atoms with E-state index in [2.05, 4.69) is 31.4 Å². The highest BCUT2D eigenvalue weighted by atomic mass is 16.5. The zero-order chi connectivity index (χ0) is 26.6. The molecule has 6 heteroatoms. The SMILES string of the molecule is C=CCN1CC[C@@]2(c3cccc(OC(C)=O)c3)C[C@@H](N(CC(C)C)C(=O)c3ccccc3)CC(O)[C@@H]2C1. The molecule has 1 unspecified atom stereocenters. The molecule has 198 valence electrons. The number of likely N-dealkylation sites (tertiary alicyclic amines) is 1. The van der Waals surface area contributed by atoms with Crippen molar-refractivity contribution in [2.45, 2.75) is 57.6 Å². The highest BCUT2D eigenvalue weighted by Gasteiger charge is 2.53. The fraction of sp³-hybridized carbons (Fsp3) is 0.484. The normalized spacial score (nSPS) is 25.8. The Labute approximate surface area is 220 Å². The number of nitrogens with zero attached hydrogens (tertiary/aromatic N) is 2. The molecule has 0 spiro atoms. The number of aliphatic hydroxyl groups excluding tert-OH is 1. The Bertz CT molecular complexity index is 1100. The summed E-state index contributed by atoms with van der Waals surface area (Å²) in [5.41, 5.74) is 1.39. The molecule has 2 fully saturated rings. The molecule has 2 aromatic carbocycles. The van der Waals surface area contributed by atoms with Crippen LogP contribution in [0.25, 0.3) is 0 Å². The average Bonchev–Trinajstić information content (AvgIpc) is 2.87. The summed E-state index contributed by atoms with van der Waals surface area (Å²) < 4.78 is 5.44. The Morgan fingerprint density at radius 3 is 2.65 bits per heavy atom. The van der Waals surface area contributed by atoms with Crippen LogP contribution in [0.5, 0.6) is 5.75 Å². The zero-order valence-electron chi connectivity index (χ0n) is 22.3. The Kier molecular flexibility index (Phi) is 8.50. The van der Waals surface area contributed by atoms with Gasteiger partial charge in [-0.2, -0.15) is 0 Å². The van der Waals surface area contributed by atoms with Gasteiger partial charge >= 0.3 is 5.97 Å². The average molecular weight is 505 g/mol. The molecule has 4 atom stereocenters. The number of fused-ring (bicyclic) bond motifs is 1. The quantitative estimate of drug-likeness (QED) is 0.321. The van der Waals surface area contributed by atoms with Gasteiger partial charge < -0.3 is 14.7 Å². The molecule has 2 aromatic rings. The van der Waals surface area contributed by atoms with E-state index in [1.807, 2.05) is 53.4 Å². The summed E-state index contributed by atoms with van der Waals surface area (Å²) in [4.78, 5) is 29.8. The molecule has 1 saturated carbocycles. The highest BCUT2D eigenvalue weighted by molar-refractivity contribution is 5.94. The number of hydrogen-bond acceptors (Lipinski definition) is 5. The summed E-state index contributed by atoms with van der Waals surface area (Å²) in [6, 6.07) is 17.1. The van der Waals surface area contributed by atoms with Gasteiger partial charge in [0.2, 0.25) is 0 Å². The lowest BCUT2D eigenvalue weighted by Gasteiger charge is -2.56. The van der Waals surface area contributed by atoms with Gasteiger partial charge in [-0.3, -0.25) is 14.5 Å². The summed E-state index contributed by atoms with van der Waals surface area (Å²) in [5, 5.41) is 11.7. The third-order valence-corrected chi connectivity index (χ3v) is 7.96. The van der Waals surface area contributed by atoms with E-state index in [0.29, 0.717) is 30.2 Å². The van der Waals surface area contributed by atoms with Crippen molar-refractivity contribution >= 4 is 11.9 Å². The van der Waals surface area contributed by atoms with Gasteiger partial charge in [-0.05, 0) is 61.6 Å². The van der Waals surface area contributed by atoms with Crippen molar-refractivity contribution in [3.63, 3.8) is 0 Å². The molecular formula is C31H40N2O4. The summed E-state index contributed by atoms with van der Waals surface area (Å²) in [6.07, 6.45) is 3.49. The Balaban J connectivity index is 1.74. The van der Waals surface area contributed by atoms with Crippen LogP contribution >= 0.6 is 0 Å². The van der Waals surface area contributed by atoms with Crippen LogP contribution in [0.3, 0.4) is 0 Å². The molecule has 37 heavy (non-hydrogen) atoms. The van der Waals surface area contributed by atoms with Crippen LogP contribution in [0, 0.1) is 11.8 Å². The lowest BCUT2D eigenvalue weighted by Crippen LogP contribution is -2.61. The maximum Gasteiger partial charge on any atom is 0.308 e. The predicted octanol–water partition coefficient (Wildman–Crippen LogP) is 4.68. The largest absolute Gasteiger partial charge is 0.427 e. The van der Waals surface area contributed by atoms with Crippen LogP contribution in [-0.4, -0.2) is 65.1 Å². The lowest BCUT2D eigenvalue weighted by atomic mass is 9.56. The van der Waals surface area contributed by atoms with E-state index in [1.165, 1.54) is 6.92 Å². The lowest BCUT2D eigenvalue weighted by molar-refractivity contribution is -0.131. The molecule has 1 aliphatic carbocycles. The van der Waals surface area contributed by atoms with Crippen LogP contribution in [0.4, 0.5) is 0 Å². The number of carbonyl (C=O) groups excluding carboxylic acids is 2. The van der Waals surface area contributed by atoms with Crippen LogP contribution < -0.4 is 4.74 Å². The number of esters is 1. The van der Waals surface area contributed by atoms with Crippen LogP contribution in [-0.2, 0) is 10.2 Å². The maximum absolute atomic E-state index is 13.8. The number of aliphatic hydroxyl groups is 1. The van der Waals surface area contributed by atoms with Crippen molar-refractivity contribution in [3.8, 4) is 5.75 Å². The number of rotatable bonds is 8.